The Morgan fingerprint density at radius 1 is 0.879 bits per heavy atom. The SMILES string of the molecule is COc1ncccc1-c1ccc2nc(-c3nc4nc(N5CCN(C)CC5)ccc4[nH]3)[nH]c2c1. The van der Waals surface area contributed by atoms with Crippen molar-refractivity contribution in [3.8, 4) is 28.7 Å². The fourth-order valence-corrected chi connectivity index (χ4v) is 4.27. The Kier molecular flexibility index (Phi) is 4.69. The Morgan fingerprint density at radius 2 is 1.70 bits per heavy atom. The number of nitrogens with zero attached hydrogens (tertiary/aromatic N) is 6. The molecule has 1 aromatic carbocycles. The van der Waals surface area contributed by atoms with Crippen LogP contribution in [-0.2, 0) is 0 Å². The second-order valence-electron chi connectivity index (χ2n) is 8.29. The molecule has 0 radical (unpaired) electrons. The number of hydrogen-bond acceptors (Lipinski definition) is 7. The highest BCUT2D eigenvalue weighted by molar-refractivity contribution is 5.86. The van der Waals surface area contributed by atoms with Crippen LogP contribution >= 0.6 is 0 Å². The molecular formula is C24H24N8O. The monoisotopic (exact) mass is 440 g/mol. The first kappa shape index (κ1) is 19.7. The van der Waals surface area contributed by atoms with Gasteiger partial charge in [0.15, 0.2) is 17.3 Å². The molecule has 166 valence electrons. The molecule has 0 amide bonds. The Hall–Kier alpha value is -3.98. The van der Waals surface area contributed by atoms with E-state index < -0.39 is 0 Å². The molecule has 0 bridgehead atoms. The third-order valence-electron chi connectivity index (χ3n) is 6.14. The van der Waals surface area contributed by atoms with Gasteiger partial charge in [-0.25, -0.2) is 19.9 Å². The molecule has 0 spiro atoms. The summed E-state index contributed by atoms with van der Waals surface area (Å²) in [6.07, 6.45) is 1.72. The Balaban J connectivity index is 1.33. The molecule has 0 atom stereocenters. The lowest BCUT2D eigenvalue weighted by Gasteiger charge is -2.33. The van der Waals surface area contributed by atoms with E-state index in [1.165, 1.54) is 0 Å². The van der Waals surface area contributed by atoms with Crippen molar-refractivity contribution in [2.75, 3.05) is 45.2 Å². The molecule has 1 fully saturated rings. The van der Waals surface area contributed by atoms with Crippen LogP contribution in [0.4, 0.5) is 5.82 Å². The van der Waals surface area contributed by atoms with Gasteiger partial charge in [0.1, 0.15) is 5.82 Å². The second kappa shape index (κ2) is 7.86. The molecule has 6 rings (SSSR count). The molecule has 1 aliphatic heterocycles. The summed E-state index contributed by atoms with van der Waals surface area (Å²) in [4.78, 5) is 29.9. The van der Waals surface area contributed by atoms with Crippen molar-refractivity contribution in [2.45, 2.75) is 0 Å². The Bertz CT molecular complexity index is 1450. The van der Waals surface area contributed by atoms with Crippen molar-refractivity contribution >= 4 is 28.0 Å². The van der Waals surface area contributed by atoms with Crippen molar-refractivity contribution in [3.63, 3.8) is 0 Å². The summed E-state index contributed by atoms with van der Waals surface area (Å²) in [5.74, 6) is 2.91. The van der Waals surface area contributed by atoms with Crippen molar-refractivity contribution in [1.82, 2.24) is 34.8 Å². The van der Waals surface area contributed by atoms with Crippen LogP contribution in [0, 0.1) is 0 Å². The summed E-state index contributed by atoms with van der Waals surface area (Å²) >= 11 is 0. The Labute approximate surface area is 190 Å². The standard InChI is InChI=1S/C24H24N8O/c1-31-10-12-32(13-11-31)20-8-7-18-21(29-20)30-23(27-18)22-26-17-6-5-15(14-19(17)28-22)16-4-3-9-25-24(16)33-2/h3-9,14H,10-13H2,1-2H3,(H,26,28)(H,27,29,30). The van der Waals surface area contributed by atoms with Crippen LogP contribution in [0.2, 0.25) is 0 Å². The van der Waals surface area contributed by atoms with Gasteiger partial charge in [-0.15, -0.1) is 0 Å². The fraction of sp³-hybridized carbons (Fsp3) is 0.250. The van der Waals surface area contributed by atoms with Gasteiger partial charge >= 0.3 is 0 Å². The molecular weight excluding hydrogens is 416 g/mol. The first-order valence-electron chi connectivity index (χ1n) is 11.0. The van der Waals surface area contributed by atoms with Gasteiger partial charge in [-0.05, 0) is 49.0 Å². The van der Waals surface area contributed by atoms with E-state index in [4.69, 9.17) is 19.7 Å². The fourth-order valence-electron chi connectivity index (χ4n) is 4.27. The van der Waals surface area contributed by atoms with Gasteiger partial charge in [0.05, 0.1) is 23.7 Å². The lowest BCUT2D eigenvalue weighted by molar-refractivity contribution is 0.312. The highest BCUT2D eigenvalue weighted by atomic mass is 16.5. The first-order chi connectivity index (χ1) is 16.2. The predicted octanol–water partition coefficient (Wildman–Crippen LogP) is 3.32. The van der Waals surface area contributed by atoms with Gasteiger partial charge in [0.25, 0.3) is 0 Å². The van der Waals surface area contributed by atoms with Gasteiger partial charge in [0, 0.05) is 37.9 Å². The minimum Gasteiger partial charge on any atom is -0.481 e. The number of aromatic amines is 2. The lowest BCUT2D eigenvalue weighted by atomic mass is 10.1. The molecule has 4 aromatic heterocycles. The third-order valence-corrected chi connectivity index (χ3v) is 6.14. The van der Waals surface area contributed by atoms with E-state index in [2.05, 4.69) is 43.9 Å². The van der Waals surface area contributed by atoms with E-state index >= 15 is 0 Å². The molecule has 1 saturated heterocycles. The zero-order valence-corrected chi connectivity index (χ0v) is 18.5. The second-order valence-corrected chi connectivity index (χ2v) is 8.29. The number of imidazole rings is 2. The van der Waals surface area contributed by atoms with E-state index in [0.29, 0.717) is 23.2 Å². The number of hydrogen-bond donors (Lipinski definition) is 2. The number of likely N-dealkylation sites (N-methyl/N-ethyl adjacent to an activating group) is 1. The average Bonchev–Trinajstić information content (AvgIpc) is 3.47. The lowest BCUT2D eigenvalue weighted by Crippen LogP contribution is -2.44. The van der Waals surface area contributed by atoms with Crippen molar-refractivity contribution in [1.29, 1.82) is 0 Å². The highest BCUT2D eigenvalue weighted by Gasteiger charge is 2.17. The van der Waals surface area contributed by atoms with Gasteiger partial charge in [0.2, 0.25) is 5.88 Å². The topological polar surface area (TPSA) is 98.8 Å². The van der Waals surface area contributed by atoms with E-state index in [9.17, 15) is 0 Å². The number of H-pyrrole nitrogens is 2. The number of pyridine rings is 2. The Morgan fingerprint density at radius 3 is 2.55 bits per heavy atom. The van der Waals surface area contributed by atoms with Crippen LogP contribution in [-0.4, -0.2) is 75.1 Å². The molecule has 9 nitrogen and oxygen atoms in total. The van der Waals surface area contributed by atoms with Gasteiger partial charge < -0.3 is 24.5 Å². The molecule has 0 unspecified atom stereocenters. The van der Waals surface area contributed by atoms with Crippen LogP contribution in [0.1, 0.15) is 0 Å². The molecule has 9 heteroatoms. The number of methoxy groups -OCH3 is 1. The van der Waals surface area contributed by atoms with Crippen LogP contribution in [0.3, 0.4) is 0 Å². The van der Waals surface area contributed by atoms with Crippen molar-refractivity contribution < 1.29 is 4.74 Å². The molecule has 2 N–H and O–H groups in total. The molecule has 5 heterocycles. The largest absolute Gasteiger partial charge is 0.481 e. The van der Waals surface area contributed by atoms with Crippen LogP contribution < -0.4 is 9.64 Å². The van der Waals surface area contributed by atoms with Crippen LogP contribution in [0.25, 0.3) is 45.0 Å². The van der Waals surface area contributed by atoms with Gasteiger partial charge in [-0.2, -0.15) is 0 Å². The maximum atomic E-state index is 5.41. The average molecular weight is 441 g/mol. The maximum absolute atomic E-state index is 5.41. The molecule has 0 saturated carbocycles. The van der Waals surface area contributed by atoms with E-state index in [1.54, 1.807) is 13.3 Å². The zero-order chi connectivity index (χ0) is 22.4. The first-order valence-corrected chi connectivity index (χ1v) is 11.0. The maximum Gasteiger partial charge on any atom is 0.221 e. The molecule has 1 aliphatic rings. The third kappa shape index (κ3) is 3.56. The smallest absolute Gasteiger partial charge is 0.221 e. The number of aromatic nitrogens is 6. The quantitative estimate of drug-likeness (QED) is 0.442. The normalized spacial score (nSPS) is 14.9. The summed E-state index contributed by atoms with van der Waals surface area (Å²) < 4.78 is 5.41. The minimum absolute atomic E-state index is 0.594. The number of benzene rings is 1. The molecule has 0 aliphatic carbocycles. The zero-order valence-electron chi connectivity index (χ0n) is 18.5. The summed E-state index contributed by atoms with van der Waals surface area (Å²) in [5.41, 5.74) is 5.31. The van der Waals surface area contributed by atoms with Gasteiger partial charge in [-0.1, -0.05) is 6.07 Å². The summed E-state index contributed by atoms with van der Waals surface area (Å²) in [7, 11) is 3.78. The number of nitrogens with one attached hydrogen (secondary N) is 2. The number of ether oxygens (including phenoxy) is 1. The van der Waals surface area contributed by atoms with E-state index in [-0.39, 0.29) is 0 Å². The van der Waals surface area contributed by atoms with Crippen LogP contribution in [0.5, 0.6) is 5.88 Å². The number of fused-ring (bicyclic) bond motifs is 2. The van der Waals surface area contributed by atoms with Crippen LogP contribution in [0.15, 0.2) is 48.7 Å². The molecule has 33 heavy (non-hydrogen) atoms. The van der Waals surface area contributed by atoms with Crippen molar-refractivity contribution in [3.05, 3.63) is 48.7 Å². The van der Waals surface area contributed by atoms with E-state index in [1.807, 2.05) is 30.3 Å². The number of piperazine rings is 1. The van der Waals surface area contributed by atoms with E-state index in [0.717, 1.165) is 59.7 Å². The predicted molar refractivity (Wildman–Crippen MR) is 128 cm³/mol. The van der Waals surface area contributed by atoms with Gasteiger partial charge in [-0.3, -0.25) is 0 Å². The summed E-state index contributed by atoms with van der Waals surface area (Å²) in [6.45, 7) is 4.02. The van der Waals surface area contributed by atoms with Crippen molar-refractivity contribution in [2.24, 2.45) is 0 Å². The summed E-state index contributed by atoms with van der Waals surface area (Å²) in [5, 5.41) is 0. The number of anilines is 1. The number of rotatable bonds is 4. The highest BCUT2D eigenvalue weighted by Crippen LogP contribution is 2.30. The molecule has 5 aromatic rings. The summed E-state index contributed by atoms with van der Waals surface area (Å²) in [6, 6.07) is 14.1. The minimum atomic E-state index is 0.594.